The minimum Gasteiger partial charge on any atom is -0.379 e. The van der Waals surface area contributed by atoms with Gasteiger partial charge in [-0.15, -0.1) is 0 Å². The third kappa shape index (κ3) is 6.16. The number of nitrogens with zero attached hydrogens (tertiary/aromatic N) is 3. The molecule has 2 aliphatic carbocycles. The van der Waals surface area contributed by atoms with Crippen molar-refractivity contribution in [2.75, 3.05) is 32.8 Å². The average molecular weight is 476 g/mol. The number of hydrogen-bond donors (Lipinski definition) is 2. The molecule has 9 heteroatoms. The molecule has 1 aromatic rings. The van der Waals surface area contributed by atoms with E-state index in [4.69, 9.17) is 9.26 Å². The molecule has 0 bridgehead atoms. The highest BCUT2D eigenvalue weighted by atomic mass is 16.5. The predicted octanol–water partition coefficient (Wildman–Crippen LogP) is 2.84. The fourth-order valence-electron chi connectivity index (χ4n) is 6.05. The maximum atomic E-state index is 12.7. The molecule has 3 fully saturated rings. The zero-order chi connectivity index (χ0) is 23.9. The quantitative estimate of drug-likeness (QED) is 0.556. The summed E-state index contributed by atoms with van der Waals surface area (Å²) >= 11 is 0. The van der Waals surface area contributed by atoms with Gasteiger partial charge in [-0.2, -0.15) is 4.98 Å². The van der Waals surface area contributed by atoms with Crippen LogP contribution in [0.2, 0.25) is 0 Å². The van der Waals surface area contributed by atoms with Crippen LogP contribution in [-0.4, -0.2) is 65.2 Å². The largest absolute Gasteiger partial charge is 0.379 e. The summed E-state index contributed by atoms with van der Waals surface area (Å²) in [7, 11) is 0. The second-order valence-corrected chi connectivity index (χ2v) is 10.4. The number of aromatic nitrogens is 2. The van der Waals surface area contributed by atoms with Gasteiger partial charge in [-0.05, 0) is 25.7 Å². The van der Waals surface area contributed by atoms with E-state index in [-0.39, 0.29) is 17.4 Å². The van der Waals surface area contributed by atoms with Gasteiger partial charge in [0.1, 0.15) is 5.54 Å². The first-order valence-corrected chi connectivity index (χ1v) is 13.2. The smallest absolute Gasteiger partial charge is 0.227 e. The number of nitrogens with one attached hydrogen (secondary N) is 2. The molecule has 4 rings (SSSR count). The summed E-state index contributed by atoms with van der Waals surface area (Å²) in [6.45, 7) is 5.65. The van der Waals surface area contributed by atoms with Crippen molar-refractivity contribution in [3.63, 3.8) is 0 Å². The fraction of sp³-hybridized carbons (Fsp3) is 0.840. The molecule has 1 saturated heterocycles. The lowest BCUT2D eigenvalue weighted by Gasteiger charge is -2.48. The van der Waals surface area contributed by atoms with Crippen molar-refractivity contribution in [1.29, 1.82) is 0 Å². The standard InChI is InChI=1S/C25H41N5O4/c1-20(31)28-25(13-7-2-3-8-14-25)23-27-22(34-29-23)10-9-21(32)26-19-24(11-5-4-6-12-24)30-15-17-33-18-16-30/h2-19H2,1H3,(H,26,32)(H,28,31). The van der Waals surface area contributed by atoms with Crippen molar-refractivity contribution in [2.24, 2.45) is 0 Å². The number of ether oxygens (including phenoxy) is 1. The van der Waals surface area contributed by atoms with E-state index in [0.29, 0.717) is 31.1 Å². The highest BCUT2D eigenvalue weighted by molar-refractivity contribution is 5.76. The molecule has 2 heterocycles. The van der Waals surface area contributed by atoms with E-state index in [2.05, 4.69) is 25.7 Å². The lowest BCUT2D eigenvalue weighted by atomic mass is 9.79. The highest BCUT2D eigenvalue weighted by Gasteiger charge is 2.40. The molecule has 0 radical (unpaired) electrons. The number of amides is 2. The molecule has 1 aliphatic heterocycles. The van der Waals surface area contributed by atoms with Gasteiger partial charge in [0.2, 0.25) is 17.7 Å². The number of rotatable bonds is 8. The van der Waals surface area contributed by atoms with Gasteiger partial charge in [0.25, 0.3) is 0 Å². The highest BCUT2D eigenvalue weighted by Crippen LogP contribution is 2.35. The van der Waals surface area contributed by atoms with Crippen LogP contribution in [0.3, 0.4) is 0 Å². The maximum Gasteiger partial charge on any atom is 0.227 e. The van der Waals surface area contributed by atoms with Crippen molar-refractivity contribution in [3.05, 3.63) is 11.7 Å². The molecule has 1 aromatic heterocycles. The molecule has 34 heavy (non-hydrogen) atoms. The van der Waals surface area contributed by atoms with E-state index in [1.54, 1.807) is 0 Å². The lowest BCUT2D eigenvalue weighted by Crippen LogP contribution is -2.59. The summed E-state index contributed by atoms with van der Waals surface area (Å²) in [5, 5.41) is 10.5. The van der Waals surface area contributed by atoms with Crippen LogP contribution in [0.15, 0.2) is 4.52 Å². The topological polar surface area (TPSA) is 110 Å². The zero-order valence-electron chi connectivity index (χ0n) is 20.7. The van der Waals surface area contributed by atoms with Gasteiger partial charge in [0.15, 0.2) is 5.82 Å². The zero-order valence-corrected chi connectivity index (χ0v) is 20.7. The Labute approximate surface area is 202 Å². The number of carbonyl (C=O) groups excluding carboxylic acids is 2. The molecule has 0 atom stereocenters. The molecule has 2 amide bonds. The van der Waals surface area contributed by atoms with Gasteiger partial charge in [0.05, 0.1) is 13.2 Å². The maximum absolute atomic E-state index is 12.7. The van der Waals surface area contributed by atoms with Gasteiger partial charge < -0.3 is 19.9 Å². The lowest BCUT2D eigenvalue weighted by molar-refractivity contribution is -0.122. The Bertz CT molecular complexity index is 806. The van der Waals surface area contributed by atoms with Crippen molar-refractivity contribution in [1.82, 2.24) is 25.7 Å². The molecule has 9 nitrogen and oxygen atoms in total. The normalized spacial score (nSPS) is 23.1. The average Bonchev–Trinajstić information content (AvgIpc) is 3.22. The van der Waals surface area contributed by atoms with Crippen molar-refractivity contribution in [3.8, 4) is 0 Å². The minimum atomic E-state index is -0.558. The molecular formula is C25H41N5O4. The second kappa shape index (κ2) is 11.6. The van der Waals surface area contributed by atoms with Crippen LogP contribution in [0.5, 0.6) is 0 Å². The SMILES string of the molecule is CC(=O)NC1(c2noc(CCC(=O)NCC3(N4CCOCC4)CCCCC3)n2)CCCCCC1. The summed E-state index contributed by atoms with van der Waals surface area (Å²) < 4.78 is 11.1. The van der Waals surface area contributed by atoms with Crippen molar-refractivity contribution in [2.45, 2.75) is 101 Å². The third-order valence-electron chi connectivity index (χ3n) is 7.92. The van der Waals surface area contributed by atoms with Crippen LogP contribution < -0.4 is 10.6 Å². The van der Waals surface area contributed by atoms with Crippen LogP contribution in [0, 0.1) is 0 Å². The van der Waals surface area contributed by atoms with Crippen molar-refractivity contribution < 1.29 is 18.8 Å². The first kappa shape index (κ1) is 25.1. The Morgan fingerprint density at radius 1 is 0.971 bits per heavy atom. The summed E-state index contributed by atoms with van der Waals surface area (Å²) in [5.74, 6) is 0.946. The van der Waals surface area contributed by atoms with Crippen molar-refractivity contribution >= 4 is 11.8 Å². The van der Waals surface area contributed by atoms with Gasteiger partial charge in [0, 0.05) is 44.9 Å². The number of morpholine rings is 1. The number of carbonyl (C=O) groups is 2. The van der Waals surface area contributed by atoms with Gasteiger partial charge in [-0.1, -0.05) is 50.1 Å². The fourth-order valence-corrected chi connectivity index (χ4v) is 6.05. The Morgan fingerprint density at radius 2 is 1.62 bits per heavy atom. The summed E-state index contributed by atoms with van der Waals surface area (Å²) in [6.07, 6.45) is 12.7. The summed E-state index contributed by atoms with van der Waals surface area (Å²) in [6, 6.07) is 0. The van der Waals surface area contributed by atoms with Crippen LogP contribution >= 0.6 is 0 Å². The van der Waals surface area contributed by atoms with Gasteiger partial charge in [-0.3, -0.25) is 14.5 Å². The molecule has 2 N–H and O–H groups in total. The van der Waals surface area contributed by atoms with Crippen LogP contribution in [0.4, 0.5) is 0 Å². The molecule has 3 aliphatic rings. The molecular weight excluding hydrogens is 434 g/mol. The first-order chi connectivity index (χ1) is 16.5. The van der Waals surface area contributed by atoms with Gasteiger partial charge in [-0.25, -0.2) is 0 Å². The minimum absolute atomic E-state index is 0.0176. The van der Waals surface area contributed by atoms with E-state index >= 15 is 0 Å². The Kier molecular flexibility index (Phi) is 8.58. The Morgan fingerprint density at radius 3 is 2.29 bits per heavy atom. The molecule has 0 aromatic carbocycles. The van der Waals surface area contributed by atoms with E-state index in [9.17, 15) is 9.59 Å². The van der Waals surface area contributed by atoms with Crippen LogP contribution in [0.25, 0.3) is 0 Å². The predicted molar refractivity (Wildman–Crippen MR) is 127 cm³/mol. The first-order valence-electron chi connectivity index (χ1n) is 13.2. The van der Waals surface area contributed by atoms with E-state index in [0.717, 1.165) is 77.7 Å². The van der Waals surface area contributed by atoms with Crippen LogP contribution in [-0.2, 0) is 26.3 Å². The van der Waals surface area contributed by atoms with E-state index in [1.165, 1.54) is 26.2 Å². The molecule has 0 spiro atoms. The molecule has 2 saturated carbocycles. The second-order valence-electron chi connectivity index (χ2n) is 10.4. The summed E-state index contributed by atoms with van der Waals surface area (Å²) in [5.41, 5.74) is -0.503. The number of aryl methyl sites for hydroxylation is 1. The van der Waals surface area contributed by atoms with Crippen LogP contribution in [0.1, 0.15) is 95.7 Å². The number of hydrogen-bond acceptors (Lipinski definition) is 7. The monoisotopic (exact) mass is 475 g/mol. The molecule has 190 valence electrons. The van der Waals surface area contributed by atoms with E-state index < -0.39 is 5.54 Å². The summed E-state index contributed by atoms with van der Waals surface area (Å²) in [4.78, 5) is 31.8. The van der Waals surface area contributed by atoms with E-state index in [1.807, 2.05) is 0 Å². The Balaban J connectivity index is 1.32. The Hall–Kier alpha value is -2.00. The third-order valence-corrected chi connectivity index (χ3v) is 7.92. The van der Waals surface area contributed by atoms with Gasteiger partial charge >= 0.3 is 0 Å². The molecule has 0 unspecified atom stereocenters.